The Labute approximate surface area is 105 Å². The van der Waals surface area contributed by atoms with Gasteiger partial charge >= 0.3 is 0 Å². The molecule has 0 N–H and O–H groups in total. The molecule has 0 unspecified atom stereocenters. The van der Waals surface area contributed by atoms with E-state index in [2.05, 4.69) is 31.9 Å². The van der Waals surface area contributed by atoms with Crippen LogP contribution >= 0.6 is 31.9 Å². The van der Waals surface area contributed by atoms with Gasteiger partial charge in [-0.05, 0) is 12.1 Å². The molecule has 1 aromatic carbocycles. The first-order valence-corrected chi connectivity index (χ1v) is 7.61. The normalized spacial score (nSPS) is 13.5. The number of halogens is 2. The molecule has 3 nitrogen and oxygen atoms in total. The number of Topliss-reactive ketones (excluding diaryl/α,β-unsaturated/α-hetero) is 1. The fourth-order valence-corrected chi connectivity index (χ4v) is 1.99. The third kappa shape index (κ3) is 3.39. The van der Waals surface area contributed by atoms with Crippen molar-refractivity contribution in [3.05, 3.63) is 34.3 Å². The largest absolute Gasteiger partial charge is 0.292 e. The summed E-state index contributed by atoms with van der Waals surface area (Å²) in [5.74, 6) is -0.454. The lowest BCUT2D eigenvalue weighted by atomic mass is 10.1. The van der Waals surface area contributed by atoms with Crippen LogP contribution in [-0.4, -0.2) is 24.6 Å². The quantitative estimate of drug-likeness (QED) is 0.618. The third-order valence-corrected chi connectivity index (χ3v) is 5.66. The minimum atomic E-state index is -3.40. The van der Waals surface area contributed by atoms with Crippen molar-refractivity contribution < 1.29 is 13.2 Å². The molecule has 1 rings (SSSR count). The number of hydrogen-bond acceptors (Lipinski definition) is 3. The predicted molar refractivity (Wildman–Crippen MR) is 66.0 cm³/mol. The number of ketones is 1. The zero-order chi connectivity index (χ0) is 11.6. The molecular formula is C9H8Br2O3S. The minimum absolute atomic E-state index is 0.366. The van der Waals surface area contributed by atoms with E-state index in [-0.39, 0.29) is 0 Å². The van der Waals surface area contributed by atoms with Crippen LogP contribution in [0.25, 0.3) is 0 Å². The maximum atomic E-state index is 11.7. The summed E-state index contributed by atoms with van der Waals surface area (Å²) in [6, 6.07) is 6.53. The van der Waals surface area contributed by atoms with E-state index in [1.165, 1.54) is 0 Å². The van der Waals surface area contributed by atoms with Crippen molar-refractivity contribution in [2.45, 2.75) is 4.16 Å². The van der Waals surface area contributed by atoms with Gasteiger partial charge in [0.25, 0.3) is 0 Å². The van der Waals surface area contributed by atoms with Gasteiger partial charge in [-0.1, -0.05) is 44.0 Å². The summed E-state index contributed by atoms with van der Waals surface area (Å²) in [6.07, 6.45) is 1.02. The first kappa shape index (κ1) is 12.9. The van der Waals surface area contributed by atoms with Crippen molar-refractivity contribution in [2.75, 3.05) is 6.26 Å². The van der Waals surface area contributed by atoms with Crippen LogP contribution in [0, 0.1) is 0 Å². The average molecular weight is 356 g/mol. The fourth-order valence-electron chi connectivity index (χ4n) is 0.940. The first-order chi connectivity index (χ1) is 6.82. The molecule has 0 fully saturated rings. The standard InChI is InChI=1S/C9H8Br2O3S/c1-15(13,14)9(11)8(12)6-2-4-7(10)5-3-6/h2-5,9H,1H3/t9-/m1/s1. The second-order valence-corrected chi connectivity index (χ2v) is 7.58. The van der Waals surface area contributed by atoms with E-state index in [9.17, 15) is 13.2 Å². The summed E-state index contributed by atoms with van der Waals surface area (Å²) < 4.78 is 21.9. The van der Waals surface area contributed by atoms with Gasteiger partial charge in [0.1, 0.15) is 0 Å². The van der Waals surface area contributed by atoms with Gasteiger partial charge in [0.2, 0.25) is 0 Å². The molecule has 0 saturated heterocycles. The molecule has 82 valence electrons. The predicted octanol–water partition coefficient (Wildman–Crippen LogP) is 2.40. The van der Waals surface area contributed by atoms with Gasteiger partial charge in [-0.15, -0.1) is 0 Å². The summed E-state index contributed by atoms with van der Waals surface area (Å²) >= 11 is 6.10. The SMILES string of the molecule is CS(=O)(=O)[C@@H](Br)C(=O)c1ccc(Br)cc1. The zero-order valence-corrected chi connectivity index (χ0v) is 11.8. The Morgan fingerprint density at radius 2 is 1.73 bits per heavy atom. The van der Waals surface area contributed by atoms with Crippen molar-refractivity contribution >= 4 is 47.5 Å². The minimum Gasteiger partial charge on any atom is -0.292 e. The van der Waals surface area contributed by atoms with Gasteiger partial charge < -0.3 is 0 Å². The lowest BCUT2D eigenvalue weighted by Gasteiger charge is -2.06. The first-order valence-electron chi connectivity index (χ1n) is 3.95. The highest BCUT2D eigenvalue weighted by atomic mass is 79.9. The van der Waals surface area contributed by atoms with E-state index in [1.54, 1.807) is 24.3 Å². The summed E-state index contributed by atoms with van der Waals surface area (Å²) in [4.78, 5) is 11.7. The summed E-state index contributed by atoms with van der Waals surface area (Å²) in [5.41, 5.74) is 0.366. The van der Waals surface area contributed by atoms with Crippen LogP contribution in [0.3, 0.4) is 0 Å². The molecule has 0 radical (unpaired) electrons. The van der Waals surface area contributed by atoms with Crippen LogP contribution in [0.4, 0.5) is 0 Å². The van der Waals surface area contributed by atoms with Crippen LogP contribution < -0.4 is 0 Å². The van der Waals surface area contributed by atoms with Gasteiger partial charge in [-0.2, -0.15) is 0 Å². The van der Waals surface area contributed by atoms with E-state index in [1.807, 2.05) is 0 Å². The van der Waals surface area contributed by atoms with E-state index >= 15 is 0 Å². The number of carbonyl (C=O) groups is 1. The molecule has 6 heteroatoms. The second-order valence-electron chi connectivity index (χ2n) is 3.02. The topological polar surface area (TPSA) is 51.2 Å². The molecule has 0 aliphatic carbocycles. The van der Waals surface area contributed by atoms with Crippen molar-refractivity contribution in [3.63, 3.8) is 0 Å². The Hall–Kier alpha value is -0.200. The molecule has 0 aliphatic rings. The molecule has 0 spiro atoms. The van der Waals surface area contributed by atoms with Gasteiger partial charge in [0.15, 0.2) is 19.8 Å². The fraction of sp³-hybridized carbons (Fsp3) is 0.222. The van der Waals surface area contributed by atoms with Crippen molar-refractivity contribution in [2.24, 2.45) is 0 Å². The number of benzene rings is 1. The molecule has 0 bridgehead atoms. The highest BCUT2D eigenvalue weighted by Crippen LogP contribution is 2.17. The Kier molecular flexibility index (Phi) is 4.08. The Morgan fingerprint density at radius 3 is 2.13 bits per heavy atom. The zero-order valence-electron chi connectivity index (χ0n) is 7.78. The van der Waals surface area contributed by atoms with E-state index in [4.69, 9.17) is 0 Å². The van der Waals surface area contributed by atoms with Gasteiger partial charge in [0, 0.05) is 16.3 Å². The number of rotatable bonds is 3. The lowest BCUT2D eigenvalue weighted by molar-refractivity contribution is 0.101. The highest BCUT2D eigenvalue weighted by Gasteiger charge is 2.26. The summed E-state index contributed by atoms with van der Waals surface area (Å²) in [6.45, 7) is 0. The number of alkyl halides is 1. The van der Waals surface area contributed by atoms with Crippen LogP contribution in [0.2, 0.25) is 0 Å². The molecule has 1 aromatic rings. The van der Waals surface area contributed by atoms with Crippen molar-refractivity contribution in [1.82, 2.24) is 0 Å². The molecule has 0 aromatic heterocycles. The maximum absolute atomic E-state index is 11.7. The molecule has 1 atom stereocenters. The molecular weight excluding hydrogens is 348 g/mol. The third-order valence-electron chi connectivity index (χ3n) is 1.71. The Balaban J connectivity index is 3.01. The van der Waals surface area contributed by atoms with Crippen LogP contribution in [0.15, 0.2) is 28.7 Å². The van der Waals surface area contributed by atoms with Crippen LogP contribution in [0.5, 0.6) is 0 Å². The van der Waals surface area contributed by atoms with E-state index < -0.39 is 19.8 Å². The van der Waals surface area contributed by atoms with Crippen molar-refractivity contribution in [1.29, 1.82) is 0 Å². The van der Waals surface area contributed by atoms with Gasteiger partial charge in [-0.3, -0.25) is 4.79 Å². The Bertz CT molecular complexity index is 465. The van der Waals surface area contributed by atoms with Gasteiger partial charge in [0.05, 0.1) is 0 Å². The van der Waals surface area contributed by atoms with E-state index in [0.29, 0.717) is 5.56 Å². The number of hydrogen-bond donors (Lipinski definition) is 0. The van der Waals surface area contributed by atoms with Gasteiger partial charge in [-0.25, -0.2) is 8.42 Å². The molecule has 0 saturated carbocycles. The van der Waals surface area contributed by atoms with E-state index in [0.717, 1.165) is 10.7 Å². The number of carbonyl (C=O) groups excluding carboxylic acids is 1. The van der Waals surface area contributed by atoms with Crippen molar-refractivity contribution in [3.8, 4) is 0 Å². The molecule has 15 heavy (non-hydrogen) atoms. The highest BCUT2D eigenvalue weighted by molar-refractivity contribution is 9.11. The second kappa shape index (κ2) is 4.76. The lowest BCUT2D eigenvalue weighted by Crippen LogP contribution is -2.23. The number of sulfone groups is 1. The molecule has 0 aliphatic heterocycles. The maximum Gasteiger partial charge on any atom is 0.191 e. The van der Waals surface area contributed by atoms with Crippen LogP contribution in [0.1, 0.15) is 10.4 Å². The van der Waals surface area contributed by atoms with Crippen LogP contribution in [-0.2, 0) is 9.84 Å². The summed E-state index contributed by atoms with van der Waals surface area (Å²) in [5, 5.41) is 0. The smallest absolute Gasteiger partial charge is 0.191 e. The summed E-state index contributed by atoms with van der Waals surface area (Å²) in [7, 11) is -3.40. The average Bonchev–Trinajstić information content (AvgIpc) is 2.15. The monoisotopic (exact) mass is 354 g/mol. The molecule has 0 amide bonds. The molecule has 0 heterocycles. The Morgan fingerprint density at radius 1 is 1.27 bits per heavy atom.